The van der Waals surface area contributed by atoms with Gasteiger partial charge in [-0.25, -0.2) is 0 Å². The fourth-order valence-electron chi connectivity index (χ4n) is 2.53. The molecule has 1 aromatic carbocycles. The summed E-state index contributed by atoms with van der Waals surface area (Å²) in [6.07, 6.45) is 4.70. The van der Waals surface area contributed by atoms with Gasteiger partial charge in [0.1, 0.15) is 0 Å². The van der Waals surface area contributed by atoms with Gasteiger partial charge < -0.3 is 10.2 Å². The molecule has 2 rings (SSSR count). The monoisotopic (exact) mass is 258 g/mol. The zero-order chi connectivity index (χ0) is 13.7. The largest absolute Gasteiger partial charge is 0.339 e. The summed E-state index contributed by atoms with van der Waals surface area (Å²) in [6, 6.07) is 8.17. The van der Waals surface area contributed by atoms with Crippen LogP contribution in [0.3, 0.4) is 0 Å². The van der Waals surface area contributed by atoms with E-state index >= 15 is 0 Å². The van der Waals surface area contributed by atoms with E-state index in [-0.39, 0.29) is 5.91 Å². The Morgan fingerprint density at radius 3 is 3.11 bits per heavy atom. The van der Waals surface area contributed by atoms with E-state index in [2.05, 4.69) is 24.4 Å². The van der Waals surface area contributed by atoms with Gasteiger partial charge in [0.15, 0.2) is 0 Å². The standard InChI is InChI=1S/C16H22N2O/c1-13-4-3-5-14(10-13)6-7-16(19)18-9-8-15(12-18)11-17-2/h3-7,10,15,17H,8-9,11-12H2,1-2H3. The zero-order valence-corrected chi connectivity index (χ0v) is 11.7. The average molecular weight is 258 g/mol. The molecule has 1 aliphatic rings. The van der Waals surface area contributed by atoms with Gasteiger partial charge in [-0.3, -0.25) is 4.79 Å². The summed E-state index contributed by atoms with van der Waals surface area (Å²) in [5.41, 5.74) is 2.30. The van der Waals surface area contributed by atoms with E-state index in [0.29, 0.717) is 5.92 Å². The fourth-order valence-corrected chi connectivity index (χ4v) is 2.53. The molecule has 1 aliphatic heterocycles. The predicted octanol–water partition coefficient (Wildman–Crippen LogP) is 2.08. The first-order valence-corrected chi connectivity index (χ1v) is 6.87. The molecule has 1 unspecified atom stereocenters. The number of hydrogen-bond donors (Lipinski definition) is 1. The van der Waals surface area contributed by atoms with Crippen LogP contribution in [0.5, 0.6) is 0 Å². The van der Waals surface area contributed by atoms with Crippen molar-refractivity contribution in [1.29, 1.82) is 0 Å². The minimum atomic E-state index is 0.125. The van der Waals surface area contributed by atoms with Crippen LogP contribution < -0.4 is 5.32 Å². The van der Waals surface area contributed by atoms with E-state index in [9.17, 15) is 4.79 Å². The van der Waals surface area contributed by atoms with Crippen molar-refractivity contribution in [3.63, 3.8) is 0 Å². The number of hydrogen-bond acceptors (Lipinski definition) is 2. The van der Waals surface area contributed by atoms with Gasteiger partial charge in [0, 0.05) is 19.2 Å². The van der Waals surface area contributed by atoms with Crippen molar-refractivity contribution < 1.29 is 4.79 Å². The molecular formula is C16H22N2O. The number of aryl methyl sites for hydroxylation is 1. The number of likely N-dealkylation sites (tertiary alicyclic amines) is 1. The maximum atomic E-state index is 12.1. The number of carbonyl (C=O) groups excluding carboxylic acids is 1. The van der Waals surface area contributed by atoms with Gasteiger partial charge in [0.05, 0.1) is 0 Å². The second-order valence-electron chi connectivity index (χ2n) is 5.24. The Kier molecular flexibility index (Phi) is 4.74. The first-order valence-electron chi connectivity index (χ1n) is 6.87. The maximum Gasteiger partial charge on any atom is 0.246 e. The number of carbonyl (C=O) groups is 1. The van der Waals surface area contributed by atoms with E-state index in [1.165, 1.54) is 5.56 Å². The van der Waals surface area contributed by atoms with E-state index in [1.54, 1.807) is 6.08 Å². The Balaban J connectivity index is 1.91. The van der Waals surface area contributed by atoms with Crippen molar-refractivity contribution in [3.05, 3.63) is 41.5 Å². The molecule has 1 amide bonds. The molecule has 0 radical (unpaired) electrons. The van der Waals surface area contributed by atoms with Gasteiger partial charge >= 0.3 is 0 Å². The molecule has 1 saturated heterocycles. The molecule has 0 saturated carbocycles. The highest BCUT2D eigenvalue weighted by Crippen LogP contribution is 2.16. The Morgan fingerprint density at radius 2 is 2.37 bits per heavy atom. The number of nitrogens with one attached hydrogen (secondary N) is 1. The van der Waals surface area contributed by atoms with Crippen molar-refractivity contribution in [2.75, 3.05) is 26.7 Å². The molecule has 0 aromatic heterocycles. The van der Waals surface area contributed by atoms with Crippen LogP contribution in [-0.2, 0) is 4.79 Å². The number of nitrogens with zero attached hydrogens (tertiary/aromatic N) is 1. The summed E-state index contributed by atoms with van der Waals surface area (Å²) in [5.74, 6) is 0.724. The Morgan fingerprint density at radius 1 is 1.53 bits per heavy atom. The van der Waals surface area contributed by atoms with Crippen LogP contribution in [0.4, 0.5) is 0 Å². The summed E-state index contributed by atoms with van der Waals surface area (Å²) in [4.78, 5) is 14.0. The molecule has 1 atom stereocenters. The molecule has 1 N–H and O–H groups in total. The molecule has 0 spiro atoms. The molecule has 1 heterocycles. The van der Waals surface area contributed by atoms with Crippen molar-refractivity contribution >= 4 is 12.0 Å². The minimum Gasteiger partial charge on any atom is -0.339 e. The lowest BCUT2D eigenvalue weighted by Gasteiger charge is -2.14. The highest BCUT2D eigenvalue weighted by molar-refractivity contribution is 5.91. The molecule has 0 aliphatic carbocycles. The lowest BCUT2D eigenvalue weighted by molar-refractivity contribution is -0.125. The van der Waals surface area contributed by atoms with E-state index < -0.39 is 0 Å². The van der Waals surface area contributed by atoms with Gasteiger partial charge in [0.25, 0.3) is 0 Å². The van der Waals surface area contributed by atoms with Crippen molar-refractivity contribution in [1.82, 2.24) is 10.2 Å². The number of benzene rings is 1. The third-order valence-corrected chi connectivity index (χ3v) is 3.55. The number of rotatable bonds is 4. The highest BCUT2D eigenvalue weighted by Gasteiger charge is 2.24. The third kappa shape index (κ3) is 3.93. The summed E-state index contributed by atoms with van der Waals surface area (Å²) >= 11 is 0. The minimum absolute atomic E-state index is 0.125. The predicted molar refractivity (Wildman–Crippen MR) is 78.8 cm³/mol. The number of amides is 1. The molecule has 0 bridgehead atoms. The molecule has 102 valence electrons. The molecule has 1 aromatic rings. The second-order valence-corrected chi connectivity index (χ2v) is 5.24. The van der Waals surface area contributed by atoms with Gasteiger partial charge in [0.2, 0.25) is 5.91 Å². The average Bonchev–Trinajstić information content (AvgIpc) is 2.85. The van der Waals surface area contributed by atoms with Crippen LogP contribution in [0.2, 0.25) is 0 Å². The topological polar surface area (TPSA) is 32.3 Å². The molecule has 1 fully saturated rings. The van der Waals surface area contributed by atoms with Gasteiger partial charge in [-0.15, -0.1) is 0 Å². The van der Waals surface area contributed by atoms with Crippen LogP contribution >= 0.6 is 0 Å². The van der Waals surface area contributed by atoms with Crippen LogP contribution in [0, 0.1) is 12.8 Å². The summed E-state index contributed by atoms with van der Waals surface area (Å²) < 4.78 is 0. The lowest BCUT2D eigenvalue weighted by Crippen LogP contribution is -2.28. The van der Waals surface area contributed by atoms with E-state index in [4.69, 9.17) is 0 Å². The second kappa shape index (κ2) is 6.53. The normalized spacial score (nSPS) is 19.3. The van der Waals surface area contributed by atoms with Crippen LogP contribution in [0.1, 0.15) is 17.5 Å². The fraction of sp³-hybridized carbons (Fsp3) is 0.438. The van der Waals surface area contributed by atoms with Gasteiger partial charge in [-0.1, -0.05) is 29.8 Å². The van der Waals surface area contributed by atoms with Crippen LogP contribution in [0.15, 0.2) is 30.3 Å². The Labute approximate surface area is 115 Å². The highest BCUT2D eigenvalue weighted by atomic mass is 16.2. The van der Waals surface area contributed by atoms with Crippen molar-refractivity contribution in [2.24, 2.45) is 5.92 Å². The Hall–Kier alpha value is -1.61. The Bertz CT molecular complexity index is 468. The van der Waals surface area contributed by atoms with Crippen molar-refractivity contribution in [2.45, 2.75) is 13.3 Å². The first-order chi connectivity index (χ1) is 9.19. The quantitative estimate of drug-likeness (QED) is 0.839. The summed E-state index contributed by atoms with van der Waals surface area (Å²) in [7, 11) is 1.96. The summed E-state index contributed by atoms with van der Waals surface area (Å²) in [5, 5.41) is 3.18. The van der Waals surface area contributed by atoms with Gasteiger partial charge in [-0.05, 0) is 44.5 Å². The van der Waals surface area contributed by atoms with E-state index in [0.717, 1.165) is 31.6 Å². The van der Waals surface area contributed by atoms with Gasteiger partial charge in [-0.2, -0.15) is 0 Å². The maximum absolute atomic E-state index is 12.1. The van der Waals surface area contributed by atoms with Crippen LogP contribution in [-0.4, -0.2) is 37.5 Å². The third-order valence-electron chi connectivity index (χ3n) is 3.55. The molecule has 3 nitrogen and oxygen atoms in total. The van der Waals surface area contributed by atoms with Crippen molar-refractivity contribution in [3.8, 4) is 0 Å². The lowest BCUT2D eigenvalue weighted by atomic mass is 10.1. The molecule has 3 heteroatoms. The van der Waals surface area contributed by atoms with Crippen LogP contribution in [0.25, 0.3) is 6.08 Å². The summed E-state index contributed by atoms with van der Waals surface area (Å²) in [6.45, 7) is 4.80. The SMILES string of the molecule is CNCC1CCN(C(=O)C=Cc2cccc(C)c2)C1. The first kappa shape index (κ1) is 13.8. The smallest absolute Gasteiger partial charge is 0.246 e. The zero-order valence-electron chi connectivity index (χ0n) is 11.7. The molecule has 19 heavy (non-hydrogen) atoms. The molecular weight excluding hydrogens is 236 g/mol. The van der Waals surface area contributed by atoms with E-state index in [1.807, 2.05) is 30.2 Å².